The minimum absolute atomic E-state index is 0.202. The first-order chi connectivity index (χ1) is 16.7. The Hall–Kier alpha value is -2.91. The molecule has 2 aromatic heterocycles. The van der Waals surface area contributed by atoms with Crippen LogP contribution in [0, 0.1) is 0 Å². The number of thiophene rings is 1. The van der Waals surface area contributed by atoms with Gasteiger partial charge in [0.2, 0.25) is 17.6 Å². The Balaban J connectivity index is 1.09. The van der Waals surface area contributed by atoms with Crippen molar-refractivity contribution in [2.75, 3.05) is 45.9 Å². The van der Waals surface area contributed by atoms with Gasteiger partial charge in [-0.2, -0.15) is 4.98 Å². The van der Waals surface area contributed by atoms with E-state index in [2.05, 4.69) is 15.0 Å². The second-order valence-corrected chi connectivity index (χ2v) is 9.09. The summed E-state index contributed by atoms with van der Waals surface area (Å²) in [6, 6.07) is 11.6. The molecule has 1 amide bonds. The highest BCUT2D eigenvalue weighted by atomic mass is 32.1. The number of amides is 1. The quantitative estimate of drug-likeness (QED) is 0.358. The Morgan fingerprint density at radius 3 is 2.59 bits per heavy atom. The van der Waals surface area contributed by atoms with E-state index in [0.717, 1.165) is 61.9 Å². The third-order valence-corrected chi connectivity index (χ3v) is 6.61. The SMILES string of the molecule is CCOc1ccccc1OCCCC(=O)N1CCN(CCCc2nc(-c3cccs3)no2)CC1. The largest absolute Gasteiger partial charge is 0.490 e. The smallest absolute Gasteiger partial charge is 0.227 e. The van der Waals surface area contributed by atoms with Crippen LogP contribution in [0.25, 0.3) is 10.7 Å². The molecule has 1 fully saturated rings. The number of carbonyl (C=O) groups is 1. The molecule has 3 heterocycles. The van der Waals surface area contributed by atoms with E-state index in [1.54, 1.807) is 11.3 Å². The molecule has 4 rings (SSSR count). The Morgan fingerprint density at radius 1 is 1.06 bits per heavy atom. The summed E-state index contributed by atoms with van der Waals surface area (Å²) in [4.78, 5) is 22.5. The van der Waals surface area contributed by atoms with Crippen molar-refractivity contribution >= 4 is 17.2 Å². The molecule has 1 saturated heterocycles. The maximum absolute atomic E-state index is 12.6. The van der Waals surface area contributed by atoms with E-state index in [-0.39, 0.29) is 5.91 Å². The lowest BCUT2D eigenvalue weighted by molar-refractivity contribution is -0.133. The van der Waals surface area contributed by atoms with Gasteiger partial charge in [0.15, 0.2) is 11.5 Å². The molecule has 0 saturated carbocycles. The van der Waals surface area contributed by atoms with Crippen LogP contribution in [0.3, 0.4) is 0 Å². The zero-order chi connectivity index (χ0) is 23.6. The predicted molar refractivity (Wildman–Crippen MR) is 131 cm³/mol. The summed E-state index contributed by atoms with van der Waals surface area (Å²) in [5, 5.41) is 6.07. The van der Waals surface area contributed by atoms with Crippen LogP contribution < -0.4 is 9.47 Å². The number of aromatic nitrogens is 2. The molecule has 0 radical (unpaired) electrons. The van der Waals surface area contributed by atoms with Crippen LogP contribution in [0.1, 0.15) is 32.1 Å². The maximum atomic E-state index is 12.6. The van der Waals surface area contributed by atoms with Crippen LogP contribution in [0.4, 0.5) is 0 Å². The zero-order valence-electron chi connectivity index (χ0n) is 19.6. The highest BCUT2D eigenvalue weighted by Gasteiger charge is 2.21. The van der Waals surface area contributed by atoms with Crippen LogP contribution >= 0.6 is 11.3 Å². The number of piperazine rings is 1. The summed E-state index contributed by atoms with van der Waals surface area (Å²) in [6.07, 6.45) is 2.92. The fourth-order valence-corrected chi connectivity index (χ4v) is 4.59. The summed E-state index contributed by atoms with van der Waals surface area (Å²) >= 11 is 1.61. The molecule has 1 aromatic carbocycles. The standard InChI is InChI=1S/C25H32N4O4S/c1-2-31-20-8-3-4-9-21(20)32-18-6-12-24(30)29-16-14-28(15-17-29)13-5-11-23-26-25(27-33-23)22-10-7-19-34-22/h3-4,7-10,19H,2,5-6,11-18H2,1H3. The van der Waals surface area contributed by atoms with Gasteiger partial charge in [-0.1, -0.05) is 23.4 Å². The van der Waals surface area contributed by atoms with Crippen molar-refractivity contribution in [3.05, 3.63) is 47.7 Å². The molecular weight excluding hydrogens is 452 g/mol. The Kier molecular flexibility index (Phi) is 8.92. The van der Waals surface area contributed by atoms with E-state index in [0.29, 0.717) is 37.8 Å². The van der Waals surface area contributed by atoms with Gasteiger partial charge in [0.25, 0.3) is 0 Å². The van der Waals surface area contributed by atoms with Crippen LogP contribution in [-0.4, -0.2) is 71.8 Å². The average molecular weight is 485 g/mol. The summed E-state index contributed by atoms with van der Waals surface area (Å²) < 4.78 is 16.8. The lowest BCUT2D eigenvalue weighted by Crippen LogP contribution is -2.48. The van der Waals surface area contributed by atoms with Crippen molar-refractivity contribution in [1.29, 1.82) is 0 Å². The number of benzene rings is 1. The van der Waals surface area contributed by atoms with Crippen molar-refractivity contribution in [3.8, 4) is 22.2 Å². The minimum Gasteiger partial charge on any atom is -0.490 e. The van der Waals surface area contributed by atoms with E-state index in [1.807, 2.05) is 53.6 Å². The molecular formula is C25H32N4O4S. The van der Waals surface area contributed by atoms with Gasteiger partial charge in [0, 0.05) is 39.0 Å². The molecule has 0 aliphatic carbocycles. The summed E-state index contributed by atoms with van der Waals surface area (Å²) in [7, 11) is 0. The van der Waals surface area contributed by atoms with Gasteiger partial charge in [0.05, 0.1) is 18.1 Å². The lowest BCUT2D eigenvalue weighted by atomic mass is 10.2. The third-order valence-electron chi connectivity index (χ3n) is 5.74. The Bertz CT molecular complexity index is 1020. The number of carbonyl (C=O) groups excluding carboxylic acids is 1. The van der Waals surface area contributed by atoms with E-state index in [1.165, 1.54) is 0 Å². The number of ether oxygens (including phenoxy) is 2. The summed E-state index contributed by atoms with van der Waals surface area (Å²) in [5.41, 5.74) is 0. The van der Waals surface area contributed by atoms with Crippen LogP contribution in [-0.2, 0) is 11.2 Å². The second-order valence-electron chi connectivity index (χ2n) is 8.15. The molecule has 0 bridgehead atoms. The third kappa shape index (κ3) is 6.80. The monoisotopic (exact) mass is 484 g/mol. The molecule has 182 valence electrons. The maximum Gasteiger partial charge on any atom is 0.227 e. The van der Waals surface area contributed by atoms with Crippen LogP contribution in [0.2, 0.25) is 0 Å². The number of hydrogen-bond donors (Lipinski definition) is 0. The van der Waals surface area contributed by atoms with Crippen LogP contribution in [0.5, 0.6) is 11.5 Å². The van der Waals surface area contributed by atoms with E-state index in [9.17, 15) is 4.79 Å². The van der Waals surface area contributed by atoms with E-state index in [4.69, 9.17) is 14.0 Å². The minimum atomic E-state index is 0.202. The predicted octanol–water partition coefficient (Wildman–Crippen LogP) is 4.13. The van der Waals surface area contributed by atoms with Crippen molar-refractivity contribution in [2.24, 2.45) is 0 Å². The van der Waals surface area contributed by atoms with Gasteiger partial charge in [-0.15, -0.1) is 11.3 Å². The molecule has 1 aliphatic heterocycles. The number of nitrogens with zero attached hydrogens (tertiary/aromatic N) is 4. The second kappa shape index (κ2) is 12.5. The molecule has 1 aliphatic rings. The van der Waals surface area contributed by atoms with E-state index >= 15 is 0 Å². The fourth-order valence-electron chi connectivity index (χ4n) is 3.94. The highest BCUT2D eigenvalue weighted by molar-refractivity contribution is 7.13. The molecule has 0 atom stereocenters. The number of para-hydroxylation sites is 2. The van der Waals surface area contributed by atoms with Gasteiger partial charge >= 0.3 is 0 Å². The first-order valence-corrected chi connectivity index (χ1v) is 12.8. The van der Waals surface area contributed by atoms with Crippen molar-refractivity contribution in [1.82, 2.24) is 19.9 Å². The Morgan fingerprint density at radius 2 is 1.85 bits per heavy atom. The van der Waals surface area contributed by atoms with Crippen molar-refractivity contribution < 1.29 is 18.8 Å². The molecule has 0 N–H and O–H groups in total. The Labute approximate surface area is 204 Å². The van der Waals surface area contributed by atoms with E-state index < -0.39 is 0 Å². The molecule has 3 aromatic rings. The first kappa shape index (κ1) is 24.2. The average Bonchev–Trinajstić information content (AvgIpc) is 3.56. The van der Waals surface area contributed by atoms with Gasteiger partial charge in [-0.3, -0.25) is 9.69 Å². The van der Waals surface area contributed by atoms with Crippen molar-refractivity contribution in [2.45, 2.75) is 32.6 Å². The van der Waals surface area contributed by atoms with Crippen molar-refractivity contribution in [3.63, 3.8) is 0 Å². The van der Waals surface area contributed by atoms with Gasteiger partial charge < -0.3 is 18.9 Å². The highest BCUT2D eigenvalue weighted by Crippen LogP contribution is 2.26. The first-order valence-electron chi connectivity index (χ1n) is 11.9. The molecule has 0 unspecified atom stereocenters. The van der Waals surface area contributed by atoms with Gasteiger partial charge in [-0.05, 0) is 49.9 Å². The molecule has 34 heavy (non-hydrogen) atoms. The summed E-state index contributed by atoms with van der Waals surface area (Å²) in [6.45, 7) is 7.35. The number of aryl methyl sites for hydroxylation is 1. The molecule has 0 spiro atoms. The fraction of sp³-hybridized carbons (Fsp3) is 0.480. The molecule has 8 nitrogen and oxygen atoms in total. The van der Waals surface area contributed by atoms with Crippen LogP contribution in [0.15, 0.2) is 46.3 Å². The lowest BCUT2D eigenvalue weighted by Gasteiger charge is -2.34. The molecule has 9 heteroatoms. The van der Waals surface area contributed by atoms with Gasteiger partial charge in [-0.25, -0.2) is 0 Å². The topological polar surface area (TPSA) is 80.9 Å². The number of rotatable bonds is 12. The zero-order valence-corrected chi connectivity index (χ0v) is 20.5. The normalized spacial score (nSPS) is 14.3. The van der Waals surface area contributed by atoms with Gasteiger partial charge in [0.1, 0.15) is 0 Å². The summed E-state index contributed by atoms with van der Waals surface area (Å²) in [5.74, 6) is 3.03. The number of hydrogen-bond acceptors (Lipinski definition) is 8.